The van der Waals surface area contributed by atoms with Crippen LogP contribution < -0.4 is 14.8 Å². The number of ether oxygens (including phenoxy) is 2. The summed E-state index contributed by atoms with van der Waals surface area (Å²) in [5, 5.41) is 12.4. The topological polar surface area (TPSA) is 71.3 Å². The second-order valence-electron chi connectivity index (χ2n) is 5.35. The van der Waals surface area contributed by atoms with Gasteiger partial charge in [0, 0.05) is 4.47 Å². The molecule has 0 saturated heterocycles. The Balaban J connectivity index is 2.36. The maximum Gasteiger partial charge on any atom is 0.266 e. The number of terminal acetylenes is 1. The highest BCUT2D eigenvalue weighted by atomic mass is 79.9. The minimum absolute atomic E-state index is 0.0887. The van der Waals surface area contributed by atoms with Crippen LogP contribution in [0.3, 0.4) is 0 Å². The van der Waals surface area contributed by atoms with E-state index in [1.807, 2.05) is 13.0 Å². The lowest BCUT2D eigenvalue weighted by Gasteiger charge is -2.13. The van der Waals surface area contributed by atoms with Crippen molar-refractivity contribution in [1.29, 1.82) is 5.26 Å². The Labute approximate surface area is 177 Å². The van der Waals surface area contributed by atoms with E-state index in [-0.39, 0.29) is 12.2 Å². The van der Waals surface area contributed by atoms with Gasteiger partial charge in [0.05, 0.1) is 17.3 Å². The van der Waals surface area contributed by atoms with Crippen molar-refractivity contribution < 1.29 is 14.3 Å². The quantitative estimate of drug-likeness (QED) is 0.357. The smallest absolute Gasteiger partial charge is 0.266 e. The number of nitrogens with zero attached hydrogens (tertiary/aromatic N) is 1. The summed E-state index contributed by atoms with van der Waals surface area (Å²) in [6, 6.07) is 12.0. The maximum absolute atomic E-state index is 12.5. The number of carbonyl (C=O) groups excluding carboxylic acids is 1. The Bertz CT molecular complexity index is 990. The van der Waals surface area contributed by atoms with Crippen molar-refractivity contribution >= 4 is 45.2 Å². The Morgan fingerprint density at radius 2 is 2.04 bits per heavy atom. The molecule has 2 rings (SSSR count). The van der Waals surface area contributed by atoms with E-state index in [9.17, 15) is 10.1 Å². The maximum atomic E-state index is 12.5. The van der Waals surface area contributed by atoms with E-state index in [1.165, 1.54) is 6.08 Å². The van der Waals surface area contributed by atoms with E-state index in [1.54, 1.807) is 36.4 Å². The number of rotatable bonds is 7. The van der Waals surface area contributed by atoms with Crippen LogP contribution >= 0.6 is 27.5 Å². The van der Waals surface area contributed by atoms with E-state index in [0.717, 1.165) is 0 Å². The number of hydrogen-bond acceptors (Lipinski definition) is 4. The average molecular weight is 460 g/mol. The molecule has 7 heteroatoms. The van der Waals surface area contributed by atoms with E-state index in [0.29, 0.717) is 38.9 Å². The first-order chi connectivity index (χ1) is 13.5. The summed E-state index contributed by atoms with van der Waals surface area (Å²) in [7, 11) is 0. The van der Waals surface area contributed by atoms with E-state index in [4.69, 9.17) is 27.5 Å². The number of carbonyl (C=O) groups is 1. The van der Waals surface area contributed by atoms with Crippen molar-refractivity contribution in [3.63, 3.8) is 0 Å². The molecule has 0 saturated carbocycles. The number of anilines is 1. The van der Waals surface area contributed by atoms with Gasteiger partial charge in [-0.15, -0.1) is 6.42 Å². The van der Waals surface area contributed by atoms with Crippen molar-refractivity contribution in [1.82, 2.24) is 0 Å². The van der Waals surface area contributed by atoms with Crippen LogP contribution in [0.25, 0.3) is 6.08 Å². The van der Waals surface area contributed by atoms with Gasteiger partial charge in [-0.3, -0.25) is 4.79 Å². The van der Waals surface area contributed by atoms with Crippen molar-refractivity contribution in [3.8, 4) is 29.9 Å². The fraction of sp³-hybridized carbons (Fsp3) is 0.143. The average Bonchev–Trinajstić information content (AvgIpc) is 2.68. The molecule has 1 amide bonds. The molecule has 1 N–H and O–H groups in total. The van der Waals surface area contributed by atoms with Crippen molar-refractivity contribution in [2.45, 2.75) is 6.92 Å². The van der Waals surface area contributed by atoms with Crippen LogP contribution in [-0.4, -0.2) is 19.1 Å². The van der Waals surface area contributed by atoms with E-state index >= 15 is 0 Å². The molecule has 0 unspecified atom stereocenters. The molecule has 0 aliphatic heterocycles. The fourth-order valence-corrected chi connectivity index (χ4v) is 2.84. The van der Waals surface area contributed by atoms with Crippen LogP contribution in [0.15, 0.2) is 46.4 Å². The molecular weight excluding hydrogens is 444 g/mol. The highest BCUT2D eigenvalue weighted by Gasteiger charge is 2.14. The monoisotopic (exact) mass is 458 g/mol. The first kappa shape index (κ1) is 21.4. The third-order valence-electron chi connectivity index (χ3n) is 3.46. The molecular formula is C21H16BrClN2O3. The van der Waals surface area contributed by atoms with Gasteiger partial charge in [0.1, 0.15) is 18.2 Å². The highest BCUT2D eigenvalue weighted by molar-refractivity contribution is 9.10. The Hall–Kier alpha value is -2.93. The standard InChI is InChI=1S/C21H16BrClN2O3/c1-3-9-28-20-12-16(22)14(11-19(20)27-4-2)10-15(13-24)21(26)25-18-8-6-5-7-17(18)23/h1,5-8,10-12H,4,9H2,2H3,(H,25,26)/b15-10+. The van der Waals surface area contributed by atoms with Gasteiger partial charge >= 0.3 is 0 Å². The van der Waals surface area contributed by atoms with Crippen LogP contribution in [0.4, 0.5) is 5.69 Å². The van der Waals surface area contributed by atoms with Gasteiger partial charge in [0.25, 0.3) is 5.91 Å². The summed E-state index contributed by atoms with van der Waals surface area (Å²) in [5.41, 5.74) is 0.894. The number of amides is 1. The minimum atomic E-state index is -0.576. The van der Waals surface area contributed by atoms with E-state index in [2.05, 4.69) is 27.2 Å². The fourth-order valence-electron chi connectivity index (χ4n) is 2.22. The predicted molar refractivity (Wildman–Crippen MR) is 113 cm³/mol. The van der Waals surface area contributed by atoms with Crippen molar-refractivity contribution in [3.05, 3.63) is 57.0 Å². The normalized spacial score (nSPS) is 10.5. The molecule has 0 fully saturated rings. The predicted octanol–water partition coefficient (Wildman–Crippen LogP) is 5.06. The minimum Gasteiger partial charge on any atom is -0.490 e. The molecule has 28 heavy (non-hydrogen) atoms. The third-order valence-corrected chi connectivity index (χ3v) is 4.48. The van der Waals surface area contributed by atoms with Crippen LogP contribution in [0.1, 0.15) is 12.5 Å². The summed E-state index contributed by atoms with van der Waals surface area (Å²) < 4.78 is 11.7. The van der Waals surface area contributed by atoms with Gasteiger partial charge in [0.2, 0.25) is 0 Å². The first-order valence-corrected chi connectivity index (χ1v) is 9.37. The van der Waals surface area contributed by atoms with Crippen molar-refractivity contribution in [2.24, 2.45) is 0 Å². The summed E-state index contributed by atoms with van der Waals surface area (Å²) in [6.07, 6.45) is 6.68. The summed E-state index contributed by atoms with van der Waals surface area (Å²) in [5.74, 6) is 2.73. The second kappa shape index (κ2) is 10.4. The lowest BCUT2D eigenvalue weighted by atomic mass is 10.1. The van der Waals surface area contributed by atoms with Crippen molar-refractivity contribution in [2.75, 3.05) is 18.5 Å². The molecule has 0 aromatic heterocycles. The molecule has 0 bridgehead atoms. The van der Waals surface area contributed by atoms with Gasteiger partial charge < -0.3 is 14.8 Å². The molecule has 0 radical (unpaired) electrons. The number of para-hydroxylation sites is 1. The third kappa shape index (κ3) is 5.53. The van der Waals surface area contributed by atoms with Gasteiger partial charge in [-0.1, -0.05) is 45.6 Å². The molecule has 0 heterocycles. The summed E-state index contributed by atoms with van der Waals surface area (Å²) in [6.45, 7) is 2.33. The molecule has 0 spiro atoms. The lowest BCUT2D eigenvalue weighted by Crippen LogP contribution is -2.13. The lowest BCUT2D eigenvalue weighted by molar-refractivity contribution is -0.112. The van der Waals surface area contributed by atoms with Crippen LogP contribution in [-0.2, 0) is 4.79 Å². The van der Waals surface area contributed by atoms with Gasteiger partial charge in [0.15, 0.2) is 11.5 Å². The summed E-state index contributed by atoms with van der Waals surface area (Å²) in [4.78, 5) is 12.5. The molecule has 2 aromatic carbocycles. The van der Waals surface area contributed by atoms with Gasteiger partial charge in [-0.25, -0.2) is 0 Å². The van der Waals surface area contributed by atoms with Crippen LogP contribution in [0, 0.1) is 23.7 Å². The molecule has 0 aliphatic rings. The Morgan fingerprint density at radius 1 is 1.32 bits per heavy atom. The second-order valence-corrected chi connectivity index (χ2v) is 6.61. The number of benzene rings is 2. The molecule has 142 valence electrons. The SMILES string of the molecule is C#CCOc1cc(Br)c(/C=C(\C#N)C(=O)Nc2ccccc2Cl)cc1OCC. The zero-order chi connectivity index (χ0) is 20.5. The summed E-state index contributed by atoms with van der Waals surface area (Å²) >= 11 is 9.46. The van der Waals surface area contributed by atoms with Crippen LogP contribution in [0.5, 0.6) is 11.5 Å². The largest absolute Gasteiger partial charge is 0.490 e. The number of halogens is 2. The number of nitriles is 1. The van der Waals surface area contributed by atoms with Crippen LogP contribution in [0.2, 0.25) is 5.02 Å². The van der Waals surface area contributed by atoms with E-state index < -0.39 is 5.91 Å². The zero-order valence-electron chi connectivity index (χ0n) is 15.0. The molecule has 0 atom stereocenters. The van der Waals surface area contributed by atoms with Gasteiger partial charge in [-0.05, 0) is 42.8 Å². The zero-order valence-corrected chi connectivity index (χ0v) is 17.3. The Morgan fingerprint density at radius 3 is 2.68 bits per heavy atom. The molecule has 2 aromatic rings. The highest BCUT2D eigenvalue weighted by Crippen LogP contribution is 2.35. The number of hydrogen-bond donors (Lipinski definition) is 1. The number of nitrogens with one attached hydrogen (secondary N) is 1. The molecule has 0 aliphatic carbocycles. The first-order valence-electron chi connectivity index (χ1n) is 8.20. The Kier molecular flexibility index (Phi) is 7.95. The molecule has 5 nitrogen and oxygen atoms in total. The van der Waals surface area contributed by atoms with Gasteiger partial charge in [-0.2, -0.15) is 5.26 Å².